The zero-order chi connectivity index (χ0) is 54.6. The van der Waals surface area contributed by atoms with Gasteiger partial charge >= 0.3 is 11.9 Å². The van der Waals surface area contributed by atoms with Crippen molar-refractivity contribution < 1.29 is 84.4 Å². The molecule has 2 saturated heterocycles. The molecule has 12 N–H and O–H groups in total. The van der Waals surface area contributed by atoms with Crippen LogP contribution in [0.4, 0.5) is 0 Å². The lowest BCUT2D eigenvalue weighted by molar-refractivity contribution is -0.303. The van der Waals surface area contributed by atoms with Crippen molar-refractivity contribution in [1.82, 2.24) is 0 Å². The van der Waals surface area contributed by atoms with E-state index in [-0.39, 0.29) is 82.0 Å². The summed E-state index contributed by atoms with van der Waals surface area (Å²) in [5.41, 5.74) is 6.06. The van der Waals surface area contributed by atoms with Crippen molar-refractivity contribution in [2.75, 3.05) is 6.61 Å². The van der Waals surface area contributed by atoms with Crippen LogP contribution in [0.3, 0.4) is 0 Å². The number of esters is 1. The maximum absolute atomic E-state index is 13.2. The molecule has 0 aromatic carbocycles. The first-order chi connectivity index (χ1) is 35.2. The van der Waals surface area contributed by atoms with Crippen molar-refractivity contribution in [3.05, 3.63) is 109 Å². The average molecular weight is 1040 g/mol. The minimum Gasteiger partial charge on any atom is -0.481 e. The quantitative estimate of drug-likeness (QED) is 0.0792. The number of nitrogens with two attached hydrogens (primary N) is 1. The summed E-state index contributed by atoms with van der Waals surface area (Å²) < 4.78 is 23.8. The number of cyclic esters (lactones) is 1. The molecule has 0 aromatic rings. The van der Waals surface area contributed by atoms with Crippen LogP contribution >= 0.6 is 0 Å². The Bertz CT molecular complexity index is 1940. The maximum Gasteiger partial charge on any atom is 0.311 e. The number of allylic oxidation sites excluding steroid dienone is 16. The Balaban J connectivity index is 1.82. The molecule has 18 nitrogen and oxygen atoms in total. The van der Waals surface area contributed by atoms with Crippen LogP contribution in [0.25, 0.3) is 0 Å². The Morgan fingerprint density at radius 1 is 0.770 bits per heavy atom. The summed E-state index contributed by atoms with van der Waals surface area (Å²) in [6.07, 6.45) is 17.4. The molecular formula is C56H85NO17. The number of carbonyl (C=O) groups excluding carboxylic acids is 2. The fourth-order valence-electron chi connectivity index (χ4n) is 9.24. The number of carboxylic acids is 1. The molecule has 0 amide bonds. The number of aliphatic hydroxyl groups excluding tert-OH is 8. The van der Waals surface area contributed by atoms with E-state index in [1.165, 1.54) is 6.08 Å². The van der Waals surface area contributed by atoms with Crippen LogP contribution < -0.4 is 5.73 Å². The van der Waals surface area contributed by atoms with E-state index < -0.39 is 122 Å². The molecular weight excluding hydrogens is 959 g/mol. The van der Waals surface area contributed by atoms with Crippen LogP contribution in [-0.2, 0) is 33.3 Å². The van der Waals surface area contributed by atoms with Gasteiger partial charge in [-0.25, -0.2) is 0 Å². The van der Waals surface area contributed by atoms with Gasteiger partial charge in [-0.1, -0.05) is 117 Å². The lowest BCUT2D eigenvalue weighted by Crippen LogP contribution is -2.56. The number of ether oxygens (including phenoxy) is 4. The Morgan fingerprint density at radius 3 is 1.95 bits per heavy atom. The molecule has 0 aliphatic carbocycles. The molecule has 416 valence electrons. The third kappa shape index (κ3) is 25.5. The van der Waals surface area contributed by atoms with Crippen LogP contribution in [0.1, 0.15) is 111 Å². The van der Waals surface area contributed by atoms with Gasteiger partial charge in [-0.05, 0) is 70.3 Å². The molecule has 2 fully saturated rings. The number of carboxylic acid groups (broad SMARTS) is 1. The highest BCUT2D eigenvalue weighted by atomic mass is 16.7. The summed E-state index contributed by atoms with van der Waals surface area (Å²) in [4.78, 5) is 38.0. The standard InChI is InChI=1S/C56H85NO17/c1-4-5-16-21-39(58)27-42(61)26-25-38(3)54-37(2)20-17-14-12-10-8-6-7-9-11-13-15-18-24-46(72-52-33-47(57)49(66)36-71-52)32-50-53(55(68)69)48(65)35-56(70,74-50)34-45(64)30-43(62)28-40(59)22-19-23-41(60)29-44(63)31-51(67)73-54/h4-18,20-21,24,37-38,40-50,52-54,59-66,70H,19,22-23,25-36,57H2,1-3H3,(H,68,69)/b5-4+,7-6-,10-8-,11-9+,14-12+,15-13+,20-17+,21-16+,24-18+/t37?,38?,40?,41?,42?,43?,44?,45?,46?,47-,48?,49-,50+,52?,53?,54?,56?/m1/s1. The SMILES string of the molecule is C/C=C/C=C/C(=O)CC(O)CCC(C)C1OC(=O)CC(O)CC(O)CCCC(O)CC(O)CC(O)CC2(O)CC(O)C(C(=O)O)[C@H](CC(OC3C[C@@H](N)[C@H](O)CO3)/C=C/C=C/C=C/C=C\C=C/C=C/C=C/C1C)O2. The van der Waals surface area contributed by atoms with Crippen LogP contribution in [-0.4, -0.2) is 161 Å². The Labute approximate surface area is 436 Å². The van der Waals surface area contributed by atoms with E-state index in [0.717, 1.165) is 0 Å². The Kier molecular flexibility index (Phi) is 29.8. The molecule has 0 aromatic heterocycles. The van der Waals surface area contributed by atoms with E-state index in [1.807, 2.05) is 63.3 Å². The Hall–Kier alpha value is -4.25. The van der Waals surface area contributed by atoms with Crippen molar-refractivity contribution in [2.45, 2.75) is 196 Å². The van der Waals surface area contributed by atoms with Gasteiger partial charge in [-0.3, -0.25) is 14.4 Å². The van der Waals surface area contributed by atoms with Gasteiger partial charge in [0.25, 0.3) is 0 Å². The lowest BCUT2D eigenvalue weighted by Gasteiger charge is -2.44. The number of rotatable bonds is 11. The molecule has 3 rings (SSSR count). The minimum absolute atomic E-state index is 0.0484. The smallest absolute Gasteiger partial charge is 0.311 e. The largest absolute Gasteiger partial charge is 0.481 e. The number of aliphatic hydroxyl groups is 9. The first-order valence-corrected chi connectivity index (χ1v) is 26.0. The van der Waals surface area contributed by atoms with Gasteiger partial charge in [0.2, 0.25) is 0 Å². The van der Waals surface area contributed by atoms with Crippen molar-refractivity contribution in [1.29, 1.82) is 0 Å². The van der Waals surface area contributed by atoms with E-state index in [9.17, 15) is 65.4 Å². The summed E-state index contributed by atoms with van der Waals surface area (Å²) in [5, 5.41) is 108. The van der Waals surface area contributed by atoms with E-state index in [1.54, 1.807) is 60.8 Å². The molecule has 3 heterocycles. The normalized spacial score (nSPS) is 38.4. The summed E-state index contributed by atoms with van der Waals surface area (Å²) in [5.74, 6) is -6.52. The minimum atomic E-state index is -2.22. The summed E-state index contributed by atoms with van der Waals surface area (Å²) in [6, 6.07) is -0.648. The summed E-state index contributed by atoms with van der Waals surface area (Å²) in [6.45, 7) is 5.52. The number of fused-ring (bicyclic) bond motifs is 2. The zero-order valence-electron chi connectivity index (χ0n) is 43.1. The number of aliphatic carboxylic acids is 1. The fourth-order valence-corrected chi connectivity index (χ4v) is 9.24. The first-order valence-electron chi connectivity index (χ1n) is 26.0. The first kappa shape index (κ1) is 64.0. The molecule has 3 aliphatic heterocycles. The number of hydrogen-bond acceptors (Lipinski definition) is 17. The predicted octanol–water partition coefficient (Wildman–Crippen LogP) is 3.98. The third-order valence-corrected chi connectivity index (χ3v) is 13.2. The second-order valence-electron chi connectivity index (χ2n) is 20.0. The van der Waals surface area contributed by atoms with Gasteiger partial charge in [-0.2, -0.15) is 0 Å². The maximum atomic E-state index is 13.2. The van der Waals surface area contributed by atoms with Gasteiger partial charge in [0.1, 0.15) is 12.0 Å². The van der Waals surface area contributed by atoms with Crippen LogP contribution in [0.2, 0.25) is 0 Å². The second kappa shape index (κ2) is 34.4. The van der Waals surface area contributed by atoms with Gasteiger partial charge in [0.15, 0.2) is 17.9 Å². The van der Waals surface area contributed by atoms with E-state index in [4.69, 9.17) is 24.7 Å². The third-order valence-electron chi connectivity index (χ3n) is 13.2. The van der Waals surface area contributed by atoms with Crippen molar-refractivity contribution in [3.8, 4) is 0 Å². The molecule has 14 unspecified atom stereocenters. The number of hydrogen-bond donors (Lipinski definition) is 11. The highest BCUT2D eigenvalue weighted by Gasteiger charge is 2.50. The molecule has 74 heavy (non-hydrogen) atoms. The molecule has 0 saturated carbocycles. The molecule has 18 heteroatoms. The molecule has 0 radical (unpaired) electrons. The molecule has 0 spiro atoms. The van der Waals surface area contributed by atoms with Gasteiger partial charge in [0.05, 0.1) is 74.1 Å². The predicted molar refractivity (Wildman–Crippen MR) is 277 cm³/mol. The second-order valence-corrected chi connectivity index (χ2v) is 20.0. The molecule has 2 bridgehead atoms. The molecule has 17 atom stereocenters. The molecule has 3 aliphatic rings. The lowest BCUT2D eigenvalue weighted by atomic mass is 9.82. The zero-order valence-corrected chi connectivity index (χ0v) is 43.1. The highest BCUT2D eigenvalue weighted by Crippen LogP contribution is 2.38. The van der Waals surface area contributed by atoms with E-state index >= 15 is 0 Å². The Morgan fingerprint density at radius 2 is 1.35 bits per heavy atom. The monoisotopic (exact) mass is 1040 g/mol. The van der Waals surface area contributed by atoms with Crippen molar-refractivity contribution in [3.63, 3.8) is 0 Å². The number of ketones is 1. The van der Waals surface area contributed by atoms with Crippen molar-refractivity contribution >= 4 is 17.7 Å². The average Bonchev–Trinajstić information content (AvgIpc) is 3.30. The van der Waals surface area contributed by atoms with E-state index in [0.29, 0.717) is 12.8 Å². The topological polar surface area (TPSA) is 316 Å². The van der Waals surface area contributed by atoms with Crippen LogP contribution in [0, 0.1) is 17.8 Å². The van der Waals surface area contributed by atoms with Gasteiger partial charge in [-0.15, -0.1) is 0 Å². The van der Waals surface area contributed by atoms with Crippen LogP contribution in [0.15, 0.2) is 109 Å². The van der Waals surface area contributed by atoms with Gasteiger partial charge in [0, 0.05) is 44.1 Å². The fraction of sp³-hybridized carbons (Fsp3) is 0.625. The summed E-state index contributed by atoms with van der Waals surface area (Å²) in [7, 11) is 0. The number of carbonyl (C=O) groups is 3. The van der Waals surface area contributed by atoms with Crippen LogP contribution in [0.5, 0.6) is 0 Å². The van der Waals surface area contributed by atoms with E-state index in [2.05, 4.69) is 0 Å². The summed E-state index contributed by atoms with van der Waals surface area (Å²) >= 11 is 0. The van der Waals surface area contributed by atoms with Gasteiger partial charge < -0.3 is 75.7 Å². The van der Waals surface area contributed by atoms with Crippen molar-refractivity contribution in [2.24, 2.45) is 23.5 Å². The highest BCUT2D eigenvalue weighted by molar-refractivity contribution is 5.90.